The number of aliphatic hydroxyl groups excluding tert-OH is 1. The van der Waals surface area contributed by atoms with E-state index < -0.39 is 17.9 Å². The number of aliphatic hydroxyl groups is 1. The number of nitrogens with one attached hydrogen (secondary N) is 1. The van der Waals surface area contributed by atoms with Gasteiger partial charge in [0.25, 0.3) is 5.91 Å². The molecule has 20 heavy (non-hydrogen) atoms. The zero-order valence-electron chi connectivity index (χ0n) is 11.1. The molecule has 1 amide bonds. The first-order valence-corrected chi connectivity index (χ1v) is 6.44. The Balaban J connectivity index is 2.11. The Labute approximate surface area is 118 Å². The van der Waals surface area contributed by atoms with Crippen LogP contribution >= 0.6 is 0 Å². The van der Waals surface area contributed by atoms with Crippen molar-refractivity contribution in [3.8, 4) is 0 Å². The van der Waals surface area contributed by atoms with Crippen molar-refractivity contribution in [2.45, 2.75) is 12.0 Å². The molecule has 0 aliphatic heterocycles. The van der Waals surface area contributed by atoms with Crippen LogP contribution in [0.15, 0.2) is 73.3 Å². The van der Waals surface area contributed by atoms with Gasteiger partial charge in [-0.3, -0.25) is 4.79 Å². The summed E-state index contributed by atoms with van der Waals surface area (Å²) in [4.78, 5) is 12.1. The first-order valence-electron chi connectivity index (χ1n) is 6.44. The molecule has 3 heteroatoms. The van der Waals surface area contributed by atoms with Gasteiger partial charge in [-0.2, -0.15) is 0 Å². The minimum Gasteiger partial charge on any atom is -0.382 e. The van der Waals surface area contributed by atoms with Gasteiger partial charge in [0.1, 0.15) is 6.10 Å². The molecule has 0 aliphatic rings. The fourth-order valence-electron chi connectivity index (χ4n) is 2.02. The second kappa shape index (κ2) is 6.68. The molecule has 0 aliphatic carbocycles. The molecule has 3 nitrogen and oxygen atoms in total. The molecule has 0 heterocycles. The van der Waals surface area contributed by atoms with E-state index in [1.54, 1.807) is 18.2 Å². The van der Waals surface area contributed by atoms with E-state index in [9.17, 15) is 9.90 Å². The summed E-state index contributed by atoms with van der Waals surface area (Å²) in [6.07, 6.45) is 0.417. The van der Waals surface area contributed by atoms with Crippen LogP contribution in [0.4, 0.5) is 5.69 Å². The van der Waals surface area contributed by atoms with Crippen LogP contribution in [-0.4, -0.2) is 17.1 Å². The van der Waals surface area contributed by atoms with Gasteiger partial charge in [-0.15, -0.1) is 6.58 Å². The van der Waals surface area contributed by atoms with E-state index in [0.717, 1.165) is 5.56 Å². The lowest BCUT2D eigenvalue weighted by Gasteiger charge is -2.19. The lowest BCUT2D eigenvalue weighted by Crippen LogP contribution is -2.32. The van der Waals surface area contributed by atoms with E-state index in [4.69, 9.17) is 0 Å². The molecule has 0 radical (unpaired) electrons. The maximum Gasteiger partial charge on any atom is 0.254 e. The Bertz CT molecular complexity index is 566. The topological polar surface area (TPSA) is 49.3 Å². The standard InChI is InChI=1S/C17H17NO2/c1-2-15(13-9-5-3-6-10-13)16(19)17(20)18-14-11-7-4-8-12-14/h2-12,15-16,19H,1H2,(H,18,20)/t15-,16+/m0/s1. The van der Waals surface area contributed by atoms with Crippen LogP contribution in [0.3, 0.4) is 0 Å². The highest BCUT2D eigenvalue weighted by Gasteiger charge is 2.25. The van der Waals surface area contributed by atoms with Crippen LogP contribution in [0.2, 0.25) is 0 Å². The normalized spacial score (nSPS) is 13.2. The molecule has 2 aromatic rings. The molecular weight excluding hydrogens is 250 g/mol. The van der Waals surface area contributed by atoms with Gasteiger partial charge in [0, 0.05) is 11.6 Å². The largest absolute Gasteiger partial charge is 0.382 e. The minimum atomic E-state index is -1.17. The summed E-state index contributed by atoms with van der Waals surface area (Å²) in [5.74, 6) is -0.870. The quantitative estimate of drug-likeness (QED) is 0.818. The van der Waals surface area contributed by atoms with Gasteiger partial charge >= 0.3 is 0 Å². The first kappa shape index (κ1) is 14.0. The monoisotopic (exact) mass is 267 g/mol. The van der Waals surface area contributed by atoms with Crippen molar-refractivity contribution in [2.24, 2.45) is 0 Å². The summed E-state index contributed by atoms with van der Waals surface area (Å²) in [6.45, 7) is 3.71. The maximum atomic E-state index is 12.1. The van der Waals surface area contributed by atoms with E-state index in [1.165, 1.54) is 0 Å². The van der Waals surface area contributed by atoms with Gasteiger partial charge in [0.15, 0.2) is 0 Å². The molecule has 0 fully saturated rings. The van der Waals surface area contributed by atoms with Crippen LogP contribution in [0.5, 0.6) is 0 Å². The average molecular weight is 267 g/mol. The molecule has 102 valence electrons. The molecule has 2 atom stereocenters. The third kappa shape index (κ3) is 3.33. The second-order valence-corrected chi connectivity index (χ2v) is 4.47. The summed E-state index contributed by atoms with van der Waals surface area (Å²) in [7, 11) is 0. The highest BCUT2D eigenvalue weighted by Crippen LogP contribution is 2.22. The Kier molecular flexibility index (Phi) is 4.69. The number of carbonyl (C=O) groups is 1. The highest BCUT2D eigenvalue weighted by molar-refractivity contribution is 5.94. The Morgan fingerprint density at radius 1 is 1.05 bits per heavy atom. The van der Waals surface area contributed by atoms with Crippen molar-refractivity contribution in [1.82, 2.24) is 0 Å². The number of hydrogen-bond acceptors (Lipinski definition) is 2. The average Bonchev–Trinajstić information content (AvgIpc) is 2.50. The van der Waals surface area contributed by atoms with E-state index in [1.807, 2.05) is 48.5 Å². The number of rotatable bonds is 5. The molecule has 2 rings (SSSR count). The third-order valence-electron chi connectivity index (χ3n) is 3.09. The van der Waals surface area contributed by atoms with E-state index in [-0.39, 0.29) is 0 Å². The summed E-state index contributed by atoms with van der Waals surface area (Å²) in [5, 5.41) is 12.9. The Morgan fingerprint density at radius 3 is 2.15 bits per heavy atom. The molecule has 2 aromatic carbocycles. The maximum absolute atomic E-state index is 12.1. The minimum absolute atomic E-state index is 0.431. The SMILES string of the molecule is C=C[C@@H](c1ccccc1)[C@@H](O)C(=O)Nc1ccccc1. The molecule has 0 aromatic heterocycles. The third-order valence-corrected chi connectivity index (χ3v) is 3.09. The molecule has 0 spiro atoms. The smallest absolute Gasteiger partial charge is 0.254 e. The molecular formula is C17H17NO2. The van der Waals surface area contributed by atoms with Crippen LogP contribution in [0.1, 0.15) is 11.5 Å². The summed E-state index contributed by atoms with van der Waals surface area (Å²) < 4.78 is 0. The molecule has 0 bridgehead atoms. The predicted octanol–water partition coefficient (Wildman–Crippen LogP) is 2.96. The number of anilines is 1. The van der Waals surface area contributed by atoms with Crippen molar-refractivity contribution >= 4 is 11.6 Å². The number of benzene rings is 2. The number of para-hydroxylation sites is 1. The van der Waals surface area contributed by atoms with Crippen LogP contribution < -0.4 is 5.32 Å². The van der Waals surface area contributed by atoms with Crippen LogP contribution in [-0.2, 0) is 4.79 Å². The van der Waals surface area contributed by atoms with Crippen molar-refractivity contribution in [2.75, 3.05) is 5.32 Å². The van der Waals surface area contributed by atoms with E-state index in [2.05, 4.69) is 11.9 Å². The summed E-state index contributed by atoms with van der Waals surface area (Å²) in [5.41, 5.74) is 1.52. The Hall–Kier alpha value is -2.39. The van der Waals surface area contributed by atoms with Crippen molar-refractivity contribution in [1.29, 1.82) is 0 Å². The van der Waals surface area contributed by atoms with Gasteiger partial charge in [-0.05, 0) is 17.7 Å². The predicted molar refractivity (Wildman–Crippen MR) is 80.5 cm³/mol. The van der Waals surface area contributed by atoms with Gasteiger partial charge in [-0.25, -0.2) is 0 Å². The van der Waals surface area contributed by atoms with Gasteiger partial charge in [0.05, 0.1) is 0 Å². The van der Waals surface area contributed by atoms with Gasteiger partial charge in [0.2, 0.25) is 0 Å². The van der Waals surface area contributed by atoms with Crippen LogP contribution in [0, 0.1) is 0 Å². The van der Waals surface area contributed by atoms with E-state index in [0.29, 0.717) is 5.69 Å². The molecule has 0 unspecified atom stereocenters. The highest BCUT2D eigenvalue weighted by atomic mass is 16.3. The van der Waals surface area contributed by atoms with Crippen molar-refractivity contribution < 1.29 is 9.90 Å². The lowest BCUT2D eigenvalue weighted by atomic mass is 9.93. The fraction of sp³-hybridized carbons (Fsp3) is 0.118. The number of carbonyl (C=O) groups excluding carboxylic acids is 1. The Morgan fingerprint density at radius 2 is 1.60 bits per heavy atom. The molecule has 0 saturated heterocycles. The summed E-state index contributed by atoms with van der Waals surface area (Å²) in [6, 6.07) is 18.4. The molecule has 0 saturated carbocycles. The zero-order chi connectivity index (χ0) is 14.4. The number of hydrogen-bond donors (Lipinski definition) is 2. The van der Waals surface area contributed by atoms with Crippen molar-refractivity contribution in [3.63, 3.8) is 0 Å². The van der Waals surface area contributed by atoms with E-state index >= 15 is 0 Å². The van der Waals surface area contributed by atoms with Gasteiger partial charge < -0.3 is 10.4 Å². The molecule has 2 N–H and O–H groups in total. The second-order valence-electron chi connectivity index (χ2n) is 4.47. The van der Waals surface area contributed by atoms with Crippen LogP contribution in [0.25, 0.3) is 0 Å². The number of amides is 1. The fourth-order valence-corrected chi connectivity index (χ4v) is 2.02. The first-order chi connectivity index (χ1) is 9.72. The lowest BCUT2D eigenvalue weighted by molar-refractivity contribution is -0.124. The summed E-state index contributed by atoms with van der Waals surface area (Å²) >= 11 is 0. The van der Waals surface area contributed by atoms with Gasteiger partial charge in [-0.1, -0.05) is 54.6 Å². The zero-order valence-corrected chi connectivity index (χ0v) is 11.1. The van der Waals surface area contributed by atoms with Crippen molar-refractivity contribution in [3.05, 3.63) is 78.9 Å².